The van der Waals surface area contributed by atoms with Crippen LogP contribution in [0.5, 0.6) is 0 Å². The maximum absolute atomic E-state index is 13.6. The molecule has 1 aliphatic rings. The van der Waals surface area contributed by atoms with Gasteiger partial charge in [0.05, 0.1) is 0 Å². The van der Waals surface area contributed by atoms with Crippen molar-refractivity contribution in [2.75, 3.05) is 26.2 Å². The molecule has 0 unspecified atom stereocenters. The van der Waals surface area contributed by atoms with E-state index in [1.807, 2.05) is 13.8 Å². The predicted octanol–water partition coefficient (Wildman–Crippen LogP) is 2.46. The Morgan fingerprint density at radius 3 is 2.27 bits per heavy atom. The Hall–Kier alpha value is -1.91. The number of amides is 2. The zero-order valence-electron chi connectivity index (χ0n) is 13.4. The first-order chi connectivity index (χ1) is 10.4. The molecule has 22 heavy (non-hydrogen) atoms. The molecule has 0 aliphatic carbocycles. The highest BCUT2D eigenvalue weighted by Crippen LogP contribution is 2.14. The van der Waals surface area contributed by atoms with E-state index >= 15 is 0 Å². The Bertz CT molecular complexity index is 564. The van der Waals surface area contributed by atoms with Gasteiger partial charge in [-0.05, 0) is 30.5 Å². The fraction of sp³-hybridized carbons (Fsp3) is 0.529. The fourth-order valence-corrected chi connectivity index (χ4v) is 2.55. The summed E-state index contributed by atoms with van der Waals surface area (Å²) in [5, 5.41) is 0. The summed E-state index contributed by atoms with van der Waals surface area (Å²) in [6, 6.07) is 4.55. The lowest BCUT2D eigenvalue weighted by Crippen LogP contribution is -2.50. The Kier molecular flexibility index (Phi) is 5.16. The van der Waals surface area contributed by atoms with Gasteiger partial charge < -0.3 is 9.80 Å². The van der Waals surface area contributed by atoms with Gasteiger partial charge in [0.25, 0.3) is 5.91 Å². The first-order valence-electron chi connectivity index (χ1n) is 7.71. The normalized spacial score (nSPS) is 15.3. The fourth-order valence-electron chi connectivity index (χ4n) is 2.55. The number of hydrogen-bond donors (Lipinski definition) is 0. The van der Waals surface area contributed by atoms with Gasteiger partial charge >= 0.3 is 0 Å². The molecule has 120 valence electrons. The molecule has 0 aromatic heterocycles. The second-order valence-corrected chi connectivity index (χ2v) is 6.23. The zero-order chi connectivity index (χ0) is 16.3. The van der Waals surface area contributed by atoms with Crippen molar-refractivity contribution in [3.63, 3.8) is 0 Å². The molecule has 1 aliphatic heterocycles. The molecule has 1 heterocycles. The molecule has 1 aromatic carbocycles. The highest BCUT2D eigenvalue weighted by molar-refractivity contribution is 5.94. The summed E-state index contributed by atoms with van der Waals surface area (Å²) in [6.07, 6.45) is 0.539. The van der Waals surface area contributed by atoms with Crippen LogP contribution in [0.2, 0.25) is 0 Å². The van der Waals surface area contributed by atoms with Gasteiger partial charge in [0.15, 0.2) is 0 Å². The molecule has 1 aromatic rings. The lowest BCUT2D eigenvalue weighted by Gasteiger charge is -2.35. The van der Waals surface area contributed by atoms with Crippen molar-refractivity contribution in [3.8, 4) is 0 Å². The summed E-state index contributed by atoms with van der Waals surface area (Å²) in [7, 11) is 0. The van der Waals surface area contributed by atoms with Crippen molar-refractivity contribution < 1.29 is 14.0 Å². The van der Waals surface area contributed by atoms with E-state index in [2.05, 4.69) is 0 Å². The summed E-state index contributed by atoms with van der Waals surface area (Å²) in [5.74, 6) is -0.0577. The monoisotopic (exact) mass is 306 g/mol. The van der Waals surface area contributed by atoms with Crippen molar-refractivity contribution in [3.05, 3.63) is 35.1 Å². The van der Waals surface area contributed by atoms with Crippen molar-refractivity contribution in [2.24, 2.45) is 5.92 Å². The quantitative estimate of drug-likeness (QED) is 0.861. The van der Waals surface area contributed by atoms with Crippen molar-refractivity contribution in [1.29, 1.82) is 0 Å². The molecule has 0 spiro atoms. The van der Waals surface area contributed by atoms with Crippen LogP contribution in [-0.4, -0.2) is 47.8 Å². The van der Waals surface area contributed by atoms with E-state index < -0.39 is 0 Å². The molecule has 0 atom stereocenters. The van der Waals surface area contributed by atoms with Crippen molar-refractivity contribution in [2.45, 2.75) is 27.2 Å². The van der Waals surface area contributed by atoms with E-state index in [9.17, 15) is 14.0 Å². The smallest absolute Gasteiger partial charge is 0.254 e. The Morgan fingerprint density at radius 1 is 1.14 bits per heavy atom. The first kappa shape index (κ1) is 16.5. The van der Waals surface area contributed by atoms with Crippen molar-refractivity contribution >= 4 is 11.8 Å². The molecular weight excluding hydrogens is 283 g/mol. The van der Waals surface area contributed by atoms with Crippen LogP contribution in [0.3, 0.4) is 0 Å². The van der Waals surface area contributed by atoms with E-state index in [0.29, 0.717) is 49.6 Å². The van der Waals surface area contributed by atoms with Crippen molar-refractivity contribution in [1.82, 2.24) is 9.80 Å². The minimum atomic E-state index is -0.364. The maximum atomic E-state index is 13.6. The minimum Gasteiger partial charge on any atom is -0.339 e. The Morgan fingerprint density at radius 2 is 1.73 bits per heavy atom. The number of carbonyl (C=O) groups excluding carboxylic acids is 2. The Labute approximate surface area is 130 Å². The van der Waals surface area contributed by atoms with Crippen LogP contribution in [0.25, 0.3) is 0 Å². The number of halogens is 1. The lowest BCUT2D eigenvalue weighted by molar-refractivity contribution is -0.133. The molecule has 4 nitrogen and oxygen atoms in total. The second-order valence-electron chi connectivity index (χ2n) is 6.23. The average molecular weight is 306 g/mol. The van der Waals surface area contributed by atoms with Gasteiger partial charge in [-0.3, -0.25) is 9.59 Å². The van der Waals surface area contributed by atoms with Crippen LogP contribution >= 0.6 is 0 Å². The van der Waals surface area contributed by atoms with Crippen LogP contribution in [-0.2, 0) is 4.79 Å². The highest BCUT2D eigenvalue weighted by atomic mass is 19.1. The number of aryl methyl sites for hydroxylation is 1. The molecule has 1 saturated heterocycles. The average Bonchev–Trinajstić information content (AvgIpc) is 2.49. The molecule has 5 heteroatoms. The molecular formula is C17H23FN2O2. The minimum absolute atomic E-state index is 0.142. The van der Waals surface area contributed by atoms with Crippen LogP contribution in [0.15, 0.2) is 18.2 Å². The molecule has 0 radical (unpaired) electrons. The van der Waals surface area contributed by atoms with Crippen LogP contribution in [0.1, 0.15) is 36.2 Å². The molecule has 2 rings (SSSR count). The second kappa shape index (κ2) is 6.90. The summed E-state index contributed by atoms with van der Waals surface area (Å²) in [6.45, 7) is 7.80. The third kappa shape index (κ3) is 3.84. The van der Waals surface area contributed by atoms with Gasteiger partial charge in [-0.1, -0.05) is 19.9 Å². The van der Waals surface area contributed by atoms with Crippen LogP contribution in [0, 0.1) is 18.7 Å². The SMILES string of the molecule is Cc1ccc(C(=O)N2CCN(C(=O)CC(C)C)CC2)cc1F. The zero-order valence-corrected chi connectivity index (χ0v) is 13.4. The first-order valence-corrected chi connectivity index (χ1v) is 7.71. The number of carbonyl (C=O) groups is 2. The third-order valence-electron chi connectivity index (χ3n) is 3.92. The van der Waals surface area contributed by atoms with Gasteiger partial charge in [0.2, 0.25) is 5.91 Å². The largest absolute Gasteiger partial charge is 0.339 e. The standard InChI is InChI=1S/C17H23FN2O2/c1-12(2)10-16(21)19-6-8-20(9-7-19)17(22)14-5-4-13(3)15(18)11-14/h4-5,11-12H,6-10H2,1-3H3. The number of piperazine rings is 1. The molecule has 0 N–H and O–H groups in total. The van der Waals surface area contributed by atoms with E-state index in [0.717, 1.165) is 0 Å². The lowest BCUT2D eigenvalue weighted by atomic mass is 10.1. The predicted molar refractivity (Wildman–Crippen MR) is 83.1 cm³/mol. The molecule has 0 bridgehead atoms. The van der Waals surface area contributed by atoms with Gasteiger partial charge in [-0.2, -0.15) is 0 Å². The van der Waals surface area contributed by atoms with E-state index in [4.69, 9.17) is 0 Å². The van der Waals surface area contributed by atoms with E-state index in [-0.39, 0.29) is 17.6 Å². The van der Waals surface area contributed by atoms with Gasteiger partial charge in [0, 0.05) is 38.2 Å². The number of benzene rings is 1. The van der Waals surface area contributed by atoms with Gasteiger partial charge in [-0.15, -0.1) is 0 Å². The number of rotatable bonds is 3. The maximum Gasteiger partial charge on any atom is 0.254 e. The topological polar surface area (TPSA) is 40.6 Å². The van der Waals surface area contributed by atoms with E-state index in [1.54, 1.807) is 28.9 Å². The molecule has 1 fully saturated rings. The molecule has 2 amide bonds. The van der Waals surface area contributed by atoms with E-state index in [1.165, 1.54) is 6.07 Å². The molecule has 0 saturated carbocycles. The van der Waals surface area contributed by atoms with Gasteiger partial charge in [-0.25, -0.2) is 4.39 Å². The third-order valence-corrected chi connectivity index (χ3v) is 3.92. The number of nitrogens with zero attached hydrogens (tertiary/aromatic N) is 2. The summed E-state index contributed by atoms with van der Waals surface area (Å²) in [4.78, 5) is 27.9. The summed E-state index contributed by atoms with van der Waals surface area (Å²) >= 11 is 0. The van der Waals surface area contributed by atoms with Crippen LogP contribution < -0.4 is 0 Å². The van der Waals surface area contributed by atoms with Gasteiger partial charge in [0.1, 0.15) is 5.82 Å². The van der Waals surface area contributed by atoms with Crippen LogP contribution in [0.4, 0.5) is 4.39 Å². The number of hydrogen-bond acceptors (Lipinski definition) is 2. The highest BCUT2D eigenvalue weighted by Gasteiger charge is 2.25. The summed E-state index contributed by atoms with van der Waals surface area (Å²) in [5.41, 5.74) is 0.894. The summed E-state index contributed by atoms with van der Waals surface area (Å²) < 4.78 is 13.6. The Balaban J connectivity index is 1.95.